The van der Waals surface area contributed by atoms with Crippen LogP contribution in [0.4, 0.5) is 0 Å². The smallest absolute Gasteiger partial charge is 0.283 e. The lowest BCUT2D eigenvalue weighted by atomic mass is 10.2. The van der Waals surface area contributed by atoms with E-state index in [2.05, 4.69) is 19.5 Å². The Kier molecular flexibility index (Phi) is 5.24. The van der Waals surface area contributed by atoms with Crippen molar-refractivity contribution < 1.29 is 14.1 Å². The van der Waals surface area contributed by atoms with Gasteiger partial charge in [-0.15, -0.1) is 5.10 Å². The molecule has 24 heavy (non-hydrogen) atoms. The number of likely N-dealkylation sites (N-methyl/N-ethyl adjacent to an activating group) is 1. The van der Waals surface area contributed by atoms with Gasteiger partial charge in [-0.05, 0) is 34.6 Å². The second-order valence-electron chi connectivity index (χ2n) is 6.32. The monoisotopic (exact) mass is 351 g/mol. The molecule has 0 saturated heterocycles. The van der Waals surface area contributed by atoms with Gasteiger partial charge in [-0.25, -0.2) is 9.99 Å². The molecule has 130 valence electrons. The largest absolute Gasteiger partial charge is 0.591 e. The van der Waals surface area contributed by atoms with Crippen LogP contribution in [0.5, 0.6) is 0 Å². The van der Waals surface area contributed by atoms with Gasteiger partial charge in [0, 0.05) is 19.4 Å². The summed E-state index contributed by atoms with van der Waals surface area (Å²) in [6.07, 6.45) is 2.35. The average molecular weight is 351 g/mol. The summed E-state index contributed by atoms with van der Waals surface area (Å²) in [5.41, 5.74) is 1.24. The van der Waals surface area contributed by atoms with Crippen LogP contribution in [0, 0.1) is 0 Å². The Morgan fingerprint density at radius 1 is 1.38 bits per heavy atom. The van der Waals surface area contributed by atoms with Crippen molar-refractivity contribution in [3.8, 4) is 0 Å². The zero-order valence-electron chi connectivity index (χ0n) is 14.6. The van der Waals surface area contributed by atoms with E-state index in [1.165, 1.54) is 17.4 Å². The van der Waals surface area contributed by atoms with Crippen LogP contribution in [-0.4, -0.2) is 54.9 Å². The van der Waals surface area contributed by atoms with Crippen LogP contribution in [0.1, 0.15) is 46.0 Å². The van der Waals surface area contributed by atoms with Crippen molar-refractivity contribution in [3.05, 3.63) is 23.8 Å². The highest BCUT2D eigenvalue weighted by Gasteiger charge is 2.31. The third-order valence-corrected chi connectivity index (χ3v) is 4.67. The van der Waals surface area contributed by atoms with Gasteiger partial charge in [-0.2, -0.15) is 0 Å². The van der Waals surface area contributed by atoms with E-state index in [-0.39, 0.29) is 11.8 Å². The van der Waals surface area contributed by atoms with Crippen LogP contribution >= 0.6 is 0 Å². The Labute approximate surface area is 144 Å². The average Bonchev–Trinajstić information content (AvgIpc) is 2.51. The zero-order valence-corrected chi connectivity index (χ0v) is 15.4. The highest BCUT2D eigenvalue weighted by molar-refractivity contribution is 7.91. The molecule has 1 aliphatic rings. The normalized spacial score (nSPS) is 20.5. The molecule has 2 heterocycles. The lowest BCUT2D eigenvalue weighted by molar-refractivity contribution is -0.139. The molecule has 0 aromatic carbocycles. The molecule has 0 aliphatic carbocycles. The number of carbonyl (C=O) groups is 1. The van der Waals surface area contributed by atoms with Gasteiger partial charge in [-0.1, -0.05) is 4.40 Å². The summed E-state index contributed by atoms with van der Waals surface area (Å²) in [7, 11) is 1.55. The Balaban J connectivity index is 2.43. The molecule has 2 unspecified atom stereocenters. The van der Waals surface area contributed by atoms with E-state index in [0.717, 1.165) is 0 Å². The van der Waals surface area contributed by atoms with Gasteiger partial charge in [-0.3, -0.25) is 9.78 Å². The fraction of sp³-hybridized carbons (Fsp3) is 0.533. The Morgan fingerprint density at radius 2 is 2.00 bits per heavy atom. The zero-order chi connectivity index (χ0) is 18.1. The van der Waals surface area contributed by atoms with Crippen LogP contribution in [0.25, 0.3) is 0 Å². The molecule has 0 spiro atoms. The summed E-state index contributed by atoms with van der Waals surface area (Å²) in [4.78, 5) is 20.3. The number of nitrogens with zero attached hydrogens (tertiary/aromatic N) is 5. The van der Waals surface area contributed by atoms with E-state index in [9.17, 15) is 9.35 Å². The Hall–Kier alpha value is -2.00. The number of hydrogen-bond acceptors (Lipinski definition) is 7. The van der Waals surface area contributed by atoms with Crippen LogP contribution in [0.3, 0.4) is 0 Å². The highest BCUT2D eigenvalue weighted by atomic mass is 32.2. The molecular weight excluding hydrogens is 330 g/mol. The molecule has 8 nitrogen and oxygen atoms in total. The minimum Gasteiger partial charge on any atom is -0.591 e. The van der Waals surface area contributed by atoms with Gasteiger partial charge in [0.2, 0.25) is 0 Å². The van der Waals surface area contributed by atoms with Crippen molar-refractivity contribution in [2.75, 3.05) is 7.05 Å². The first-order chi connectivity index (χ1) is 11.1. The van der Waals surface area contributed by atoms with Gasteiger partial charge in [0.1, 0.15) is 27.5 Å². The van der Waals surface area contributed by atoms with E-state index in [1.807, 2.05) is 20.8 Å². The van der Waals surface area contributed by atoms with Crippen molar-refractivity contribution >= 4 is 28.9 Å². The highest BCUT2D eigenvalue weighted by Crippen LogP contribution is 2.19. The maximum atomic E-state index is 12.2. The summed E-state index contributed by atoms with van der Waals surface area (Å²) in [5.74, 6) is -0.0628. The summed E-state index contributed by atoms with van der Waals surface area (Å²) in [5, 5.41) is 5.31. The van der Waals surface area contributed by atoms with Gasteiger partial charge in [0.05, 0.1) is 0 Å². The second kappa shape index (κ2) is 6.86. The summed E-state index contributed by atoms with van der Waals surface area (Å²) in [6.45, 7) is 8.87. The third kappa shape index (κ3) is 3.90. The Morgan fingerprint density at radius 3 is 2.58 bits per heavy atom. The predicted octanol–water partition coefficient (Wildman–Crippen LogP) is 1.29. The summed E-state index contributed by atoms with van der Waals surface area (Å²) >= 11 is -1.43. The van der Waals surface area contributed by atoms with E-state index < -0.39 is 22.2 Å². The van der Waals surface area contributed by atoms with E-state index in [0.29, 0.717) is 17.1 Å². The molecule has 0 bridgehead atoms. The quantitative estimate of drug-likeness (QED) is 0.603. The molecule has 1 aromatic heterocycles. The third-order valence-electron chi connectivity index (χ3n) is 3.18. The minimum absolute atomic E-state index is 0.184. The molecule has 9 heteroatoms. The number of rotatable bonds is 3. The van der Waals surface area contributed by atoms with Gasteiger partial charge in [0.15, 0.2) is 11.8 Å². The molecule has 2 rings (SSSR count). The molecule has 0 fully saturated rings. The fourth-order valence-corrected chi connectivity index (χ4v) is 2.47. The molecule has 1 aromatic rings. The van der Waals surface area contributed by atoms with Crippen molar-refractivity contribution in [3.63, 3.8) is 0 Å². The number of carbonyl (C=O) groups excluding carboxylic acids is 1. The molecule has 2 atom stereocenters. The molecule has 0 radical (unpaired) electrons. The molecular formula is C15H21N5O3S. The lowest BCUT2D eigenvalue weighted by Crippen LogP contribution is -2.41. The number of hydrazone groups is 1. The maximum absolute atomic E-state index is 12.2. The van der Waals surface area contributed by atoms with Gasteiger partial charge in [0.25, 0.3) is 11.8 Å². The van der Waals surface area contributed by atoms with Crippen molar-refractivity contribution in [1.82, 2.24) is 15.0 Å². The lowest BCUT2D eigenvalue weighted by Gasteiger charge is -2.25. The van der Waals surface area contributed by atoms with Crippen LogP contribution < -0.4 is 0 Å². The van der Waals surface area contributed by atoms with Crippen molar-refractivity contribution in [2.45, 2.75) is 45.5 Å². The minimum atomic E-state index is -1.43. The van der Waals surface area contributed by atoms with E-state index in [4.69, 9.17) is 4.74 Å². The predicted molar refractivity (Wildman–Crippen MR) is 92.0 cm³/mol. The fourth-order valence-electron chi connectivity index (χ4n) is 1.86. The van der Waals surface area contributed by atoms with E-state index in [1.54, 1.807) is 20.9 Å². The second-order valence-corrected chi connectivity index (χ2v) is 8.22. The first-order valence-electron chi connectivity index (χ1n) is 7.43. The molecule has 1 amide bonds. The molecule has 0 saturated carbocycles. The first-order valence-corrected chi connectivity index (χ1v) is 8.54. The van der Waals surface area contributed by atoms with Crippen LogP contribution in [0.2, 0.25) is 0 Å². The van der Waals surface area contributed by atoms with Gasteiger partial charge < -0.3 is 9.29 Å². The van der Waals surface area contributed by atoms with E-state index >= 15 is 0 Å². The van der Waals surface area contributed by atoms with Gasteiger partial charge >= 0.3 is 0 Å². The van der Waals surface area contributed by atoms with Crippen LogP contribution in [0.15, 0.2) is 21.9 Å². The number of hydrogen-bond donors (Lipinski definition) is 0. The number of aromatic nitrogens is 2. The van der Waals surface area contributed by atoms with Crippen molar-refractivity contribution in [2.24, 2.45) is 9.50 Å². The number of ether oxygens (including phenoxy) is 1. The Bertz CT molecular complexity index is 699. The maximum Gasteiger partial charge on any atom is 0.283 e. The van der Waals surface area contributed by atoms with Crippen molar-refractivity contribution in [1.29, 1.82) is 0 Å². The number of amides is 1. The standard InChI is InChI=1S/C15H21N5O3S/c1-9(19-24(22)15(3,4)5)11-12(17-8-7-16-11)13-18-20(6)14(21)10(2)23-13/h7-8,10H,1-6H3/b19-9+. The molecule has 1 aliphatic heterocycles. The molecule has 0 N–H and O–H groups in total. The van der Waals surface area contributed by atoms with Crippen LogP contribution in [-0.2, 0) is 20.9 Å². The summed E-state index contributed by atoms with van der Waals surface area (Å²) in [6, 6.07) is 0. The SMILES string of the molecule is C/C(=N\[S+]([O-])C(C)(C)C)c1nccnc1C1=NN(C)C(=O)C(C)O1. The summed E-state index contributed by atoms with van der Waals surface area (Å²) < 4.78 is 21.5. The topological polar surface area (TPSA) is 103 Å². The first kappa shape index (κ1) is 18.3.